The Labute approximate surface area is 166 Å². The third-order valence-electron chi connectivity index (χ3n) is 4.02. The minimum absolute atomic E-state index is 0.180. The van der Waals surface area contributed by atoms with Crippen molar-refractivity contribution in [2.24, 2.45) is 0 Å². The predicted octanol–water partition coefficient (Wildman–Crippen LogP) is 2.88. The van der Waals surface area contributed by atoms with Crippen LogP contribution in [0.2, 0.25) is 5.02 Å². The van der Waals surface area contributed by atoms with Gasteiger partial charge in [-0.25, -0.2) is 9.36 Å². The zero-order chi connectivity index (χ0) is 19.7. The average Bonchev–Trinajstić information content (AvgIpc) is 3.13. The Kier molecular flexibility index (Phi) is 5.43. The molecule has 0 radical (unpaired) electrons. The molecule has 0 aliphatic heterocycles. The number of nitrogens with one attached hydrogen (secondary N) is 1. The molecule has 1 amide bonds. The fraction of sp³-hybridized carbons (Fsp3) is 0.294. The molecule has 2 aromatic heterocycles. The molecular weight excluding hydrogens is 386 g/mol. The molecule has 0 aliphatic rings. The number of amides is 1. The number of benzene rings is 1. The number of carbonyl (C=O) groups excluding carboxylic acids is 1. The van der Waals surface area contributed by atoms with Crippen molar-refractivity contribution in [3.8, 4) is 5.95 Å². The highest BCUT2D eigenvalue weighted by Crippen LogP contribution is 2.26. The van der Waals surface area contributed by atoms with Crippen LogP contribution in [0.1, 0.15) is 23.9 Å². The number of nitrogens with zero attached hydrogens (tertiary/aromatic N) is 5. The van der Waals surface area contributed by atoms with Crippen molar-refractivity contribution in [2.45, 2.75) is 38.1 Å². The first kappa shape index (κ1) is 19.2. The van der Waals surface area contributed by atoms with E-state index in [0.29, 0.717) is 21.8 Å². The Balaban J connectivity index is 1.74. The van der Waals surface area contributed by atoms with Crippen LogP contribution in [0.3, 0.4) is 0 Å². The van der Waals surface area contributed by atoms with Crippen LogP contribution in [0.4, 0.5) is 5.69 Å². The smallest absolute Gasteiger partial charge is 0.271 e. The van der Waals surface area contributed by atoms with Crippen LogP contribution in [-0.4, -0.2) is 35.8 Å². The third-order valence-corrected chi connectivity index (χ3v) is 5.49. The van der Waals surface area contributed by atoms with Crippen molar-refractivity contribution >= 4 is 35.0 Å². The van der Waals surface area contributed by atoms with Gasteiger partial charge in [0.1, 0.15) is 0 Å². The zero-order valence-corrected chi connectivity index (χ0v) is 17.0. The van der Waals surface area contributed by atoms with E-state index in [-0.39, 0.29) is 5.91 Å². The van der Waals surface area contributed by atoms with Crippen LogP contribution in [0, 0.1) is 20.8 Å². The van der Waals surface area contributed by atoms with Gasteiger partial charge in [0.05, 0.1) is 10.9 Å². The molecule has 1 atom stereocenters. The van der Waals surface area contributed by atoms with Gasteiger partial charge in [0.25, 0.3) is 5.95 Å². The summed E-state index contributed by atoms with van der Waals surface area (Å²) in [6, 6.07) is 7.30. The summed E-state index contributed by atoms with van der Waals surface area (Å²) in [6.07, 6.45) is 0. The van der Waals surface area contributed by atoms with Crippen molar-refractivity contribution in [3.63, 3.8) is 0 Å². The van der Waals surface area contributed by atoms with E-state index >= 15 is 0 Å². The number of nitrogens with two attached hydrogens (primary N) is 1. The minimum atomic E-state index is -0.441. The number of hydrogen-bond acceptors (Lipinski definition) is 6. The number of hydrogen-bond donors (Lipinski definition) is 2. The molecule has 142 valence electrons. The number of carbonyl (C=O) groups is 1. The highest BCUT2D eigenvalue weighted by molar-refractivity contribution is 8.00. The molecule has 0 fully saturated rings. The molecule has 27 heavy (non-hydrogen) atoms. The number of nitrogen functional groups attached to an aromatic ring is 1. The summed E-state index contributed by atoms with van der Waals surface area (Å²) in [4.78, 5) is 12.5. The molecule has 3 rings (SSSR count). The van der Waals surface area contributed by atoms with E-state index in [1.165, 1.54) is 16.4 Å². The molecule has 8 nitrogen and oxygen atoms in total. The van der Waals surface area contributed by atoms with Gasteiger partial charge in [0.2, 0.25) is 11.1 Å². The van der Waals surface area contributed by atoms with Crippen LogP contribution in [0.15, 0.2) is 29.4 Å². The fourth-order valence-electron chi connectivity index (χ4n) is 2.51. The van der Waals surface area contributed by atoms with Crippen LogP contribution < -0.4 is 11.2 Å². The maximum atomic E-state index is 12.5. The lowest BCUT2D eigenvalue weighted by Crippen LogP contribution is -2.24. The van der Waals surface area contributed by atoms with Crippen LogP contribution in [-0.2, 0) is 4.79 Å². The van der Waals surface area contributed by atoms with E-state index in [2.05, 4.69) is 20.6 Å². The van der Waals surface area contributed by atoms with Crippen molar-refractivity contribution in [3.05, 3.63) is 46.2 Å². The Morgan fingerprint density at radius 1 is 1.30 bits per heavy atom. The quantitative estimate of drug-likeness (QED) is 0.499. The van der Waals surface area contributed by atoms with E-state index < -0.39 is 5.25 Å². The van der Waals surface area contributed by atoms with Crippen LogP contribution >= 0.6 is 23.4 Å². The second-order valence-electron chi connectivity index (χ2n) is 6.15. The highest BCUT2D eigenvalue weighted by Gasteiger charge is 2.21. The lowest BCUT2D eigenvalue weighted by atomic mass is 10.2. The van der Waals surface area contributed by atoms with Gasteiger partial charge in [-0.3, -0.25) is 4.79 Å². The standard InChI is InChI=1S/C17H20ClN7OS/c1-9-8-10(2)25(23-9)16-21-22-17(24(16)19)27-12(4)15(26)20-14-7-5-6-13(18)11(14)3/h5-8,12H,19H2,1-4H3,(H,20,26)/t12-/m0/s1. The van der Waals surface area contributed by atoms with Gasteiger partial charge >= 0.3 is 0 Å². The largest absolute Gasteiger partial charge is 0.334 e. The summed E-state index contributed by atoms with van der Waals surface area (Å²) in [7, 11) is 0. The highest BCUT2D eigenvalue weighted by atomic mass is 35.5. The Hall–Kier alpha value is -2.52. The molecule has 0 aliphatic carbocycles. The fourth-order valence-corrected chi connectivity index (χ4v) is 3.45. The van der Waals surface area contributed by atoms with Gasteiger partial charge < -0.3 is 11.2 Å². The first-order valence-corrected chi connectivity index (χ1v) is 9.50. The number of thioether (sulfide) groups is 1. The van der Waals surface area contributed by atoms with Gasteiger partial charge in [0.15, 0.2) is 0 Å². The van der Waals surface area contributed by atoms with Gasteiger partial charge in [-0.2, -0.15) is 5.10 Å². The lowest BCUT2D eigenvalue weighted by molar-refractivity contribution is -0.115. The second-order valence-corrected chi connectivity index (χ2v) is 7.87. The van der Waals surface area contributed by atoms with Crippen LogP contribution in [0.5, 0.6) is 0 Å². The second kappa shape index (κ2) is 7.61. The number of aryl methyl sites for hydroxylation is 2. The van der Waals surface area contributed by atoms with E-state index in [9.17, 15) is 4.79 Å². The number of halogens is 1. The third kappa shape index (κ3) is 3.93. The lowest BCUT2D eigenvalue weighted by Gasteiger charge is -2.13. The summed E-state index contributed by atoms with van der Waals surface area (Å²) < 4.78 is 2.95. The van der Waals surface area contributed by atoms with E-state index in [0.717, 1.165) is 17.0 Å². The van der Waals surface area contributed by atoms with E-state index in [1.54, 1.807) is 23.7 Å². The topological polar surface area (TPSA) is 104 Å². The molecule has 0 saturated heterocycles. The summed E-state index contributed by atoms with van der Waals surface area (Å²) >= 11 is 7.31. The molecule has 3 aromatic rings. The molecule has 0 spiro atoms. The predicted molar refractivity (Wildman–Crippen MR) is 107 cm³/mol. The van der Waals surface area contributed by atoms with Gasteiger partial charge in [0, 0.05) is 16.4 Å². The molecule has 10 heteroatoms. The number of anilines is 1. The monoisotopic (exact) mass is 405 g/mol. The first-order chi connectivity index (χ1) is 12.8. The van der Waals surface area contributed by atoms with Crippen molar-refractivity contribution in [1.29, 1.82) is 0 Å². The molecule has 0 unspecified atom stereocenters. The number of aromatic nitrogens is 5. The maximum Gasteiger partial charge on any atom is 0.271 e. The van der Waals surface area contributed by atoms with Gasteiger partial charge in [-0.1, -0.05) is 29.4 Å². The molecular formula is C17H20ClN7OS. The average molecular weight is 406 g/mol. The summed E-state index contributed by atoms with van der Waals surface area (Å²) in [6.45, 7) is 7.43. The van der Waals surface area contributed by atoms with Gasteiger partial charge in [-0.05, 0) is 51.5 Å². The van der Waals surface area contributed by atoms with Crippen molar-refractivity contribution in [1.82, 2.24) is 24.7 Å². The van der Waals surface area contributed by atoms with Crippen LogP contribution in [0.25, 0.3) is 5.95 Å². The minimum Gasteiger partial charge on any atom is -0.334 e. The Bertz CT molecular complexity index is 997. The molecule has 0 saturated carbocycles. The maximum absolute atomic E-state index is 12.5. The Morgan fingerprint density at radius 2 is 2.04 bits per heavy atom. The molecule has 2 heterocycles. The summed E-state index contributed by atoms with van der Waals surface area (Å²) in [5.74, 6) is 6.33. The first-order valence-electron chi connectivity index (χ1n) is 8.24. The van der Waals surface area contributed by atoms with Gasteiger partial charge in [-0.15, -0.1) is 10.2 Å². The zero-order valence-electron chi connectivity index (χ0n) is 15.4. The molecule has 1 aromatic carbocycles. The van der Waals surface area contributed by atoms with E-state index in [4.69, 9.17) is 17.4 Å². The SMILES string of the molecule is Cc1cc(C)n(-c2nnc(S[C@@H](C)C(=O)Nc3cccc(Cl)c3C)n2N)n1. The molecule has 0 bridgehead atoms. The normalized spacial score (nSPS) is 12.2. The van der Waals surface area contributed by atoms with Crippen molar-refractivity contribution in [2.75, 3.05) is 11.2 Å². The van der Waals surface area contributed by atoms with E-state index in [1.807, 2.05) is 32.9 Å². The Morgan fingerprint density at radius 3 is 2.70 bits per heavy atom. The van der Waals surface area contributed by atoms with Crippen molar-refractivity contribution < 1.29 is 4.79 Å². The summed E-state index contributed by atoms with van der Waals surface area (Å²) in [5.41, 5.74) is 3.25. The summed E-state index contributed by atoms with van der Waals surface area (Å²) in [5, 5.41) is 16.0. The number of rotatable bonds is 5. The molecule has 3 N–H and O–H groups in total.